The zero-order valence-electron chi connectivity index (χ0n) is 17.7. The van der Waals surface area contributed by atoms with Crippen LogP contribution in [0.15, 0.2) is 10.6 Å². The first-order valence-corrected chi connectivity index (χ1v) is 10.0. The van der Waals surface area contributed by atoms with Crippen LogP contribution in [0.5, 0.6) is 0 Å². The summed E-state index contributed by atoms with van der Waals surface area (Å²) in [5.74, 6) is 0.294. The van der Waals surface area contributed by atoms with Gasteiger partial charge in [0.05, 0.1) is 16.6 Å². The first-order valence-electron chi connectivity index (χ1n) is 10.0. The quantitative estimate of drug-likeness (QED) is 0.805. The number of likely N-dealkylation sites (tertiary alicyclic amines) is 1. The van der Waals surface area contributed by atoms with Gasteiger partial charge >= 0.3 is 0 Å². The Morgan fingerprint density at radius 1 is 1.21 bits per heavy atom. The van der Waals surface area contributed by atoms with E-state index in [9.17, 15) is 9.59 Å². The third-order valence-corrected chi connectivity index (χ3v) is 5.71. The number of rotatable bonds is 4. The molecule has 2 aromatic heterocycles. The van der Waals surface area contributed by atoms with Gasteiger partial charge < -0.3 is 14.3 Å². The van der Waals surface area contributed by atoms with Gasteiger partial charge in [-0.15, -0.1) is 0 Å². The Labute approximate surface area is 166 Å². The molecule has 7 heteroatoms. The molecule has 3 rings (SSSR count). The second kappa shape index (κ2) is 7.89. The van der Waals surface area contributed by atoms with Gasteiger partial charge in [-0.05, 0) is 45.6 Å². The molecule has 0 aromatic carbocycles. The normalized spacial score (nSPS) is 15.6. The number of hydrogen-bond donors (Lipinski definition) is 0. The second-order valence-corrected chi connectivity index (χ2v) is 8.31. The van der Waals surface area contributed by atoms with Gasteiger partial charge in [-0.2, -0.15) is 0 Å². The third kappa shape index (κ3) is 3.75. The lowest BCUT2D eigenvalue weighted by Crippen LogP contribution is -2.45. The summed E-state index contributed by atoms with van der Waals surface area (Å²) in [7, 11) is 1.85. The van der Waals surface area contributed by atoms with E-state index in [0.717, 1.165) is 5.69 Å². The summed E-state index contributed by atoms with van der Waals surface area (Å²) in [6.07, 6.45) is 1.38. The monoisotopic (exact) mass is 386 g/mol. The highest BCUT2D eigenvalue weighted by molar-refractivity contribution is 6.06. The highest BCUT2D eigenvalue weighted by Gasteiger charge is 2.31. The van der Waals surface area contributed by atoms with Crippen LogP contribution in [0.25, 0.3) is 11.1 Å². The van der Waals surface area contributed by atoms with Crippen molar-refractivity contribution in [3.63, 3.8) is 0 Å². The summed E-state index contributed by atoms with van der Waals surface area (Å²) < 4.78 is 5.33. The Morgan fingerprint density at radius 3 is 2.43 bits per heavy atom. The molecule has 0 radical (unpaired) electrons. The summed E-state index contributed by atoms with van der Waals surface area (Å²) in [5, 5.41) is 4.68. The van der Waals surface area contributed by atoms with E-state index in [4.69, 9.17) is 4.52 Å². The minimum absolute atomic E-state index is 0.0162. The highest BCUT2D eigenvalue weighted by atomic mass is 16.5. The van der Waals surface area contributed by atoms with Crippen LogP contribution in [-0.4, -0.2) is 57.9 Å². The summed E-state index contributed by atoms with van der Waals surface area (Å²) >= 11 is 0. The summed E-state index contributed by atoms with van der Waals surface area (Å²) in [6, 6.07) is 2.05. The number of nitrogens with zero attached hydrogens (tertiary/aromatic N) is 4. The number of carbonyl (C=O) groups excluding carboxylic acids is 2. The van der Waals surface area contributed by atoms with Crippen molar-refractivity contribution < 1.29 is 14.1 Å². The second-order valence-electron chi connectivity index (χ2n) is 8.31. The van der Waals surface area contributed by atoms with E-state index in [-0.39, 0.29) is 29.7 Å². The van der Waals surface area contributed by atoms with Crippen molar-refractivity contribution in [1.29, 1.82) is 0 Å². The molecule has 3 heterocycles. The Balaban J connectivity index is 1.81. The van der Waals surface area contributed by atoms with Gasteiger partial charge in [-0.25, -0.2) is 4.98 Å². The van der Waals surface area contributed by atoms with E-state index in [1.54, 1.807) is 4.90 Å². The van der Waals surface area contributed by atoms with Crippen LogP contribution in [0.2, 0.25) is 0 Å². The van der Waals surface area contributed by atoms with Crippen LogP contribution in [0.4, 0.5) is 0 Å². The van der Waals surface area contributed by atoms with Crippen molar-refractivity contribution in [3.8, 4) is 0 Å². The van der Waals surface area contributed by atoms with Crippen molar-refractivity contribution in [3.05, 3.63) is 23.0 Å². The van der Waals surface area contributed by atoms with E-state index in [0.29, 0.717) is 48.3 Å². The largest absolute Gasteiger partial charge is 0.343 e. The number of aromatic nitrogens is 2. The molecule has 2 amide bonds. The fraction of sp³-hybridized carbons (Fsp3) is 0.619. The van der Waals surface area contributed by atoms with Crippen LogP contribution in [-0.2, 0) is 4.79 Å². The van der Waals surface area contributed by atoms with Gasteiger partial charge in [0.2, 0.25) is 5.91 Å². The first-order chi connectivity index (χ1) is 13.2. The smallest absolute Gasteiger partial charge is 0.259 e. The molecule has 0 N–H and O–H groups in total. The predicted molar refractivity (Wildman–Crippen MR) is 107 cm³/mol. The fourth-order valence-electron chi connectivity index (χ4n) is 3.62. The van der Waals surface area contributed by atoms with Gasteiger partial charge in [-0.3, -0.25) is 9.59 Å². The van der Waals surface area contributed by atoms with E-state index in [1.807, 2.05) is 52.6 Å². The SMILES string of the molecule is Cc1noc2nc(C(C)C)cc(C(=O)N3CCC(C(=O)N(C)C(C)C)CC3)c12. The van der Waals surface area contributed by atoms with Crippen molar-refractivity contribution in [2.24, 2.45) is 5.92 Å². The number of carbonyl (C=O) groups is 2. The summed E-state index contributed by atoms with van der Waals surface area (Å²) in [4.78, 5) is 34.0. The molecule has 0 aliphatic carbocycles. The summed E-state index contributed by atoms with van der Waals surface area (Å²) in [5.41, 5.74) is 2.49. The Kier molecular flexibility index (Phi) is 5.72. The molecule has 0 spiro atoms. The molecule has 0 bridgehead atoms. The first kappa shape index (κ1) is 20.3. The van der Waals surface area contributed by atoms with Gasteiger partial charge in [0, 0.05) is 37.8 Å². The molecule has 7 nitrogen and oxygen atoms in total. The Hall–Kier alpha value is -2.44. The minimum atomic E-state index is -0.0382. The van der Waals surface area contributed by atoms with Crippen molar-refractivity contribution >= 4 is 22.9 Å². The van der Waals surface area contributed by atoms with Crippen LogP contribution >= 0.6 is 0 Å². The number of aryl methyl sites for hydroxylation is 1. The maximum atomic E-state index is 13.3. The number of fused-ring (bicyclic) bond motifs is 1. The van der Waals surface area contributed by atoms with Crippen molar-refractivity contribution in [1.82, 2.24) is 19.9 Å². The standard InChI is InChI=1S/C21H30N4O3/c1-12(2)17-11-16(18-14(5)23-28-19(18)22-17)21(27)25-9-7-15(8-10-25)20(26)24(6)13(3)4/h11-13,15H,7-10H2,1-6H3. The minimum Gasteiger partial charge on any atom is -0.343 e. The van der Waals surface area contributed by atoms with Crippen LogP contribution in [0.3, 0.4) is 0 Å². The van der Waals surface area contributed by atoms with Gasteiger partial charge in [0.25, 0.3) is 11.6 Å². The third-order valence-electron chi connectivity index (χ3n) is 5.71. The molecule has 0 saturated carbocycles. The zero-order valence-corrected chi connectivity index (χ0v) is 17.7. The number of amides is 2. The lowest BCUT2D eigenvalue weighted by Gasteiger charge is -2.34. The average molecular weight is 386 g/mol. The molecule has 1 aliphatic rings. The van der Waals surface area contributed by atoms with Crippen molar-refractivity contribution in [2.45, 2.75) is 59.4 Å². The van der Waals surface area contributed by atoms with E-state index in [1.165, 1.54) is 0 Å². The van der Waals surface area contributed by atoms with Gasteiger partial charge in [0.15, 0.2) is 0 Å². The van der Waals surface area contributed by atoms with E-state index >= 15 is 0 Å². The molecular weight excluding hydrogens is 356 g/mol. The lowest BCUT2D eigenvalue weighted by molar-refractivity contribution is -0.137. The van der Waals surface area contributed by atoms with E-state index in [2.05, 4.69) is 10.1 Å². The molecule has 0 atom stereocenters. The maximum Gasteiger partial charge on any atom is 0.259 e. The van der Waals surface area contributed by atoms with Crippen LogP contribution in [0, 0.1) is 12.8 Å². The molecule has 1 fully saturated rings. The molecule has 0 unspecified atom stereocenters. The molecular formula is C21H30N4O3. The molecule has 2 aromatic rings. The van der Waals surface area contributed by atoms with Gasteiger partial charge in [-0.1, -0.05) is 19.0 Å². The number of pyridine rings is 1. The van der Waals surface area contributed by atoms with Crippen LogP contribution in [0.1, 0.15) is 68.2 Å². The topological polar surface area (TPSA) is 79.5 Å². The Morgan fingerprint density at radius 2 is 1.86 bits per heavy atom. The molecule has 152 valence electrons. The molecule has 1 aliphatic heterocycles. The van der Waals surface area contributed by atoms with Crippen molar-refractivity contribution in [2.75, 3.05) is 20.1 Å². The van der Waals surface area contributed by atoms with E-state index < -0.39 is 0 Å². The predicted octanol–water partition coefficient (Wildman–Crippen LogP) is 3.37. The maximum absolute atomic E-state index is 13.3. The fourth-order valence-corrected chi connectivity index (χ4v) is 3.62. The average Bonchev–Trinajstić information content (AvgIpc) is 3.06. The lowest BCUT2D eigenvalue weighted by atomic mass is 9.94. The highest BCUT2D eigenvalue weighted by Crippen LogP contribution is 2.28. The number of hydrogen-bond acceptors (Lipinski definition) is 5. The Bertz CT molecular complexity index is 879. The molecule has 1 saturated heterocycles. The number of piperidine rings is 1. The van der Waals surface area contributed by atoms with Gasteiger partial charge in [0.1, 0.15) is 0 Å². The van der Waals surface area contributed by atoms with Crippen LogP contribution < -0.4 is 0 Å². The summed E-state index contributed by atoms with van der Waals surface area (Å²) in [6.45, 7) is 11.1. The molecule has 28 heavy (non-hydrogen) atoms. The zero-order chi connectivity index (χ0) is 20.6.